The van der Waals surface area contributed by atoms with Crippen molar-refractivity contribution in [3.05, 3.63) is 35.6 Å². The van der Waals surface area contributed by atoms with Crippen LogP contribution in [0.5, 0.6) is 0 Å². The smallest absolute Gasteiger partial charge is 0.303 e. The van der Waals surface area contributed by atoms with Gasteiger partial charge in [-0.2, -0.15) is 0 Å². The van der Waals surface area contributed by atoms with Gasteiger partial charge >= 0.3 is 5.97 Å². The Morgan fingerprint density at radius 2 is 1.59 bits per heavy atom. The quantitative estimate of drug-likeness (QED) is 0.372. The van der Waals surface area contributed by atoms with Crippen molar-refractivity contribution >= 4 is 5.97 Å². The normalized spacial score (nSPS) is 25.2. The summed E-state index contributed by atoms with van der Waals surface area (Å²) in [4.78, 5) is 10.5. The van der Waals surface area contributed by atoms with Crippen LogP contribution in [-0.2, 0) is 11.2 Å². The van der Waals surface area contributed by atoms with E-state index in [0.717, 1.165) is 31.2 Å². The molecule has 5 atom stereocenters. The van der Waals surface area contributed by atoms with Gasteiger partial charge in [-0.05, 0) is 74.5 Å². The zero-order valence-electron chi connectivity index (χ0n) is 17.0. The molecule has 0 aromatic heterocycles. The number of carbonyl (C=O) groups is 1. The summed E-state index contributed by atoms with van der Waals surface area (Å²) in [5, 5.41) is 39.6. The van der Waals surface area contributed by atoms with Crippen LogP contribution < -0.4 is 0 Å². The first kappa shape index (κ1) is 23.8. The van der Waals surface area contributed by atoms with E-state index in [1.807, 2.05) is 0 Å². The Morgan fingerprint density at radius 3 is 2.24 bits per heavy atom. The molecule has 0 heterocycles. The van der Waals surface area contributed by atoms with Crippen LogP contribution in [-0.4, -0.2) is 44.7 Å². The summed E-state index contributed by atoms with van der Waals surface area (Å²) in [6, 6.07) is 6.30. The largest absolute Gasteiger partial charge is 0.481 e. The van der Waals surface area contributed by atoms with Gasteiger partial charge in [0.2, 0.25) is 0 Å². The number of aliphatic carboxylic acids is 1. The average molecular weight is 411 g/mol. The van der Waals surface area contributed by atoms with Gasteiger partial charge in [-0.25, -0.2) is 4.39 Å². The van der Waals surface area contributed by atoms with Gasteiger partial charge < -0.3 is 20.4 Å². The molecule has 0 aliphatic heterocycles. The summed E-state index contributed by atoms with van der Waals surface area (Å²) in [5.74, 6) is -1.01. The first-order chi connectivity index (χ1) is 13.9. The van der Waals surface area contributed by atoms with Crippen molar-refractivity contribution in [3.63, 3.8) is 0 Å². The molecule has 0 bridgehead atoms. The Bertz CT molecular complexity index is 606. The van der Waals surface area contributed by atoms with E-state index in [0.29, 0.717) is 38.5 Å². The molecule has 0 amide bonds. The van der Waals surface area contributed by atoms with Gasteiger partial charge in [-0.15, -0.1) is 0 Å². The number of rotatable bonds is 13. The lowest BCUT2D eigenvalue weighted by Gasteiger charge is -2.24. The second kappa shape index (κ2) is 12.3. The Balaban J connectivity index is 1.70. The molecule has 1 fully saturated rings. The first-order valence-corrected chi connectivity index (χ1v) is 10.9. The van der Waals surface area contributed by atoms with Gasteiger partial charge in [0.25, 0.3) is 0 Å². The van der Waals surface area contributed by atoms with Crippen LogP contribution in [0.1, 0.15) is 69.8 Å². The molecule has 5 unspecified atom stereocenters. The number of hydrogen-bond donors (Lipinski definition) is 4. The van der Waals surface area contributed by atoms with Crippen molar-refractivity contribution in [2.75, 3.05) is 0 Å². The van der Waals surface area contributed by atoms with Crippen molar-refractivity contribution in [3.8, 4) is 0 Å². The SMILES string of the molecule is O=C(O)CCCCCCC1C(O)CC(O)C1CCC(O)CCc1ccc(F)cc1. The molecular weight excluding hydrogens is 375 g/mol. The summed E-state index contributed by atoms with van der Waals surface area (Å²) in [5.41, 5.74) is 0.988. The molecular formula is C23H35FO5. The fourth-order valence-corrected chi connectivity index (χ4v) is 4.50. The van der Waals surface area contributed by atoms with Gasteiger partial charge in [0.05, 0.1) is 18.3 Å². The van der Waals surface area contributed by atoms with Crippen LogP contribution >= 0.6 is 0 Å². The first-order valence-electron chi connectivity index (χ1n) is 10.9. The Morgan fingerprint density at radius 1 is 0.966 bits per heavy atom. The lowest BCUT2D eigenvalue weighted by Crippen LogP contribution is -2.24. The minimum absolute atomic E-state index is 0.00973. The maximum absolute atomic E-state index is 12.9. The average Bonchev–Trinajstić information content (AvgIpc) is 2.94. The van der Waals surface area contributed by atoms with E-state index in [9.17, 15) is 24.5 Å². The van der Waals surface area contributed by atoms with Crippen LogP contribution in [0.25, 0.3) is 0 Å². The topological polar surface area (TPSA) is 98.0 Å². The highest BCUT2D eigenvalue weighted by Gasteiger charge is 2.40. The minimum Gasteiger partial charge on any atom is -0.481 e. The maximum atomic E-state index is 12.9. The van der Waals surface area contributed by atoms with Crippen molar-refractivity contribution in [1.29, 1.82) is 0 Å². The highest BCUT2D eigenvalue weighted by atomic mass is 19.1. The lowest BCUT2D eigenvalue weighted by molar-refractivity contribution is -0.137. The third-order valence-electron chi connectivity index (χ3n) is 6.21. The number of aliphatic hydroxyl groups excluding tert-OH is 3. The minimum atomic E-state index is -0.766. The second-order valence-corrected chi connectivity index (χ2v) is 8.44. The molecule has 164 valence electrons. The molecule has 0 spiro atoms. The summed E-state index contributed by atoms with van der Waals surface area (Å²) in [7, 11) is 0. The molecule has 1 aliphatic rings. The van der Waals surface area contributed by atoms with Crippen LogP contribution in [0.3, 0.4) is 0 Å². The zero-order valence-corrected chi connectivity index (χ0v) is 17.0. The number of carboxylic acids is 1. The van der Waals surface area contributed by atoms with E-state index in [2.05, 4.69) is 0 Å². The van der Waals surface area contributed by atoms with Gasteiger partial charge in [0.15, 0.2) is 0 Å². The molecule has 1 aromatic rings. The highest BCUT2D eigenvalue weighted by Crippen LogP contribution is 2.39. The number of hydrogen-bond acceptors (Lipinski definition) is 4. The number of benzene rings is 1. The number of aryl methyl sites for hydroxylation is 1. The fourth-order valence-electron chi connectivity index (χ4n) is 4.50. The summed E-state index contributed by atoms with van der Waals surface area (Å²) in [6.45, 7) is 0. The van der Waals surface area contributed by atoms with Crippen molar-refractivity contribution in [2.45, 2.75) is 88.9 Å². The van der Waals surface area contributed by atoms with Crippen LogP contribution in [0.4, 0.5) is 4.39 Å². The van der Waals surface area contributed by atoms with Gasteiger partial charge in [0, 0.05) is 6.42 Å². The third kappa shape index (κ3) is 8.41. The molecule has 0 radical (unpaired) electrons. The summed E-state index contributed by atoms with van der Waals surface area (Å²) >= 11 is 0. The Hall–Kier alpha value is -1.50. The van der Waals surface area contributed by atoms with Crippen LogP contribution in [0.2, 0.25) is 0 Å². The van der Waals surface area contributed by atoms with Crippen molar-refractivity contribution in [1.82, 2.24) is 0 Å². The van der Waals surface area contributed by atoms with Gasteiger partial charge in [-0.3, -0.25) is 4.79 Å². The highest BCUT2D eigenvalue weighted by molar-refractivity contribution is 5.66. The van der Waals surface area contributed by atoms with E-state index in [1.165, 1.54) is 12.1 Å². The molecule has 5 nitrogen and oxygen atoms in total. The predicted octanol–water partition coefficient (Wildman–Crippen LogP) is 3.68. The molecule has 0 saturated heterocycles. The molecule has 6 heteroatoms. The Kier molecular flexibility index (Phi) is 10.0. The summed E-state index contributed by atoms with van der Waals surface area (Å²) in [6.07, 6.45) is 5.78. The zero-order chi connectivity index (χ0) is 21.2. The lowest BCUT2D eigenvalue weighted by atomic mass is 9.84. The molecule has 1 aliphatic carbocycles. The maximum Gasteiger partial charge on any atom is 0.303 e. The molecule has 29 heavy (non-hydrogen) atoms. The molecule has 1 aromatic carbocycles. The summed E-state index contributed by atoms with van der Waals surface area (Å²) < 4.78 is 12.9. The number of aliphatic hydroxyl groups is 3. The van der Waals surface area contributed by atoms with Crippen LogP contribution in [0.15, 0.2) is 24.3 Å². The second-order valence-electron chi connectivity index (χ2n) is 8.44. The monoisotopic (exact) mass is 410 g/mol. The van der Waals surface area contributed by atoms with E-state index in [4.69, 9.17) is 5.11 Å². The van der Waals surface area contributed by atoms with Crippen molar-refractivity contribution < 1.29 is 29.6 Å². The predicted molar refractivity (Wildman–Crippen MR) is 109 cm³/mol. The number of halogens is 1. The van der Waals surface area contributed by atoms with E-state index in [-0.39, 0.29) is 24.1 Å². The van der Waals surface area contributed by atoms with E-state index < -0.39 is 24.3 Å². The molecule has 1 saturated carbocycles. The molecule has 4 N–H and O–H groups in total. The van der Waals surface area contributed by atoms with Gasteiger partial charge in [0.1, 0.15) is 5.82 Å². The van der Waals surface area contributed by atoms with E-state index in [1.54, 1.807) is 12.1 Å². The third-order valence-corrected chi connectivity index (χ3v) is 6.21. The standard InChI is InChI=1S/C23H35FO5/c24-17-10-7-16(8-11-17)9-12-18(25)13-14-20-19(21(26)15-22(20)27)5-3-1-2-4-6-23(28)29/h7-8,10-11,18-22,25-27H,1-6,9,12-15H2,(H,28,29). The van der Waals surface area contributed by atoms with Gasteiger partial charge in [-0.1, -0.05) is 31.4 Å². The molecule has 2 rings (SSSR count). The Labute approximate surface area is 172 Å². The number of carboxylic acid groups (broad SMARTS) is 1. The fraction of sp³-hybridized carbons (Fsp3) is 0.696. The number of unbranched alkanes of at least 4 members (excludes halogenated alkanes) is 3. The van der Waals surface area contributed by atoms with Crippen LogP contribution in [0, 0.1) is 17.7 Å². The van der Waals surface area contributed by atoms with E-state index >= 15 is 0 Å². The van der Waals surface area contributed by atoms with Crippen molar-refractivity contribution in [2.24, 2.45) is 11.8 Å².